The van der Waals surface area contributed by atoms with Gasteiger partial charge in [-0.15, -0.1) is 0 Å². The Hall–Kier alpha value is -3.71. The first kappa shape index (κ1) is 26.5. The van der Waals surface area contributed by atoms with Crippen molar-refractivity contribution >= 4 is 44.8 Å². The maximum atomic E-state index is 14.7. The van der Waals surface area contributed by atoms with Gasteiger partial charge in [0.15, 0.2) is 23.2 Å². The number of hydrogen-bond donors (Lipinski definition) is 2. The molecule has 2 fully saturated rings. The number of aromatic nitrogens is 3. The molecule has 2 unspecified atom stereocenters. The summed E-state index contributed by atoms with van der Waals surface area (Å²) in [4.78, 5) is 17.6. The number of sulfonamides is 1. The molecule has 13 heteroatoms. The summed E-state index contributed by atoms with van der Waals surface area (Å²) < 4.78 is 46.1. The van der Waals surface area contributed by atoms with Gasteiger partial charge in [-0.25, -0.2) is 22.8 Å². The van der Waals surface area contributed by atoms with Gasteiger partial charge in [-0.05, 0) is 55.7 Å². The van der Waals surface area contributed by atoms with Gasteiger partial charge in [0.05, 0.1) is 19.0 Å². The van der Waals surface area contributed by atoms with E-state index in [2.05, 4.69) is 42.3 Å². The third-order valence-electron chi connectivity index (χ3n) is 7.62. The number of halogens is 1. The van der Waals surface area contributed by atoms with E-state index in [-0.39, 0.29) is 23.8 Å². The maximum absolute atomic E-state index is 14.7. The highest BCUT2D eigenvalue weighted by molar-refractivity contribution is 7.88. The molecule has 2 N–H and O–H groups in total. The molecule has 40 heavy (non-hydrogen) atoms. The lowest BCUT2D eigenvalue weighted by atomic mass is 10.1. The number of anilines is 6. The third-order valence-corrected chi connectivity index (χ3v) is 8.92. The summed E-state index contributed by atoms with van der Waals surface area (Å²) in [6.45, 7) is 7.56. The minimum absolute atomic E-state index is 0.0144. The normalized spacial score (nSPS) is 20.4. The number of rotatable bonds is 8. The number of ether oxygens (including phenoxy) is 1. The summed E-state index contributed by atoms with van der Waals surface area (Å²) in [6.07, 6.45) is 4.23. The maximum Gasteiger partial charge on any atom is 0.229 e. The van der Waals surface area contributed by atoms with E-state index in [0.717, 1.165) is 54.9 Å². The van der Waals surface area contributed by atoms with Crippen molar-refractivity contribution in [2.45, 2.75) is 38.8 Å². The zero-order valence-corrected chi connectivity index (χ0v) is 23.6. The van der Waals surface area contributed by atoms with Crippen molar-refractivity contribution in [1.29, 1.82) is 0 Å². The van der Waals surface area contributed by atoms with Crippen molar-refractivity contribution in [3.63, 3.8) is 0 Å². The van der Waals surface area contributed by atoms with Crippen molar-refractivity contribution in [1.82, 2.24) is 19.3 Å². The fourth-order valence-corrected chi connectivity index (χ4v) is 6.99. The second kappa shape index (κ2) is 10.4. The van der Waals surface area contributed by atoms with E-state index in [1.807, 2.05) is 31.2 Å². The molecule has 1 aromatic carbocycles. The number of aryl methyl sites for hydroxylation is 1. The molecule has 0 aliphatic carbocycles. The van der Waals surface area contributed by atoms with E-state index in [1.54, 1.807) is 10.4 Å². The highest BCUT2D eigenvalue weighted by Crippen LogP contribution is 2.38. The second-order valence-corrected chi connectivity index (χ2v) is 12.5. The van der Waals surface area contributed by atoms with Gasteiger partial charge >= 0.3 is 0 Å². The van der Waals surface area contributed by atoms with E-state index in [9.17, 15) is 12.8 Å². The Morgan fingerprint density at radius 3 is 2.70 bits per heavy atom. The molecule has 212 valence electrons. The zero-order valence-electron chi connectivity index (χ0n) is 22.8. The Labute approximate surface area is 233 Å². The van der Waals surface area contributed by atoms with Crippen molar-refractivity contribution in [3.05, 3.63) is 47.9 Å². The first-order valence-electron chi connectivity index (χ1n) is 13.5. The summed E-state index contributed by atoms with van der Waals surface area (Å²) in [6, 6.07) is 9.70. The van der Waals surface area contributed by atoms with E-state index < -0.39 is 15.8 Å². The fraction of sp³-hybridized carbons (Fsp3) is 0.444. The average Bonchev–Trinajstić information content (AvgIpc) is 3.53. The lowest BCUT2D eigenvalue weighted by molar-refractivity contribution is 0.305. The molecule has 2 aromatic heterocycles. The highest BCUT2D eigenvalue weighted by atomic mass is 32.2. The van der Waals surface area contributed by atoms with Crippen LogP contribution in [0.15, 0.2) is 36.5 Å². The smallest absolute Gasteiger partial charge is 0.229 e. The monoisotopic (exact) mass is 568 g/mol. The zero-order chi connectivity index (χ0) is 28.0. The molecule has 5 heterocycles. The molecule has 6 rings (SSSR count). The second-order valence-electron chi connectivity index (χ2n) is 10.5. The van der Waals surface area contributed by atoms with Gasteiger partial charge in [-0.3, -0.25) is 0 Å². The van der Waals surface area contributed by atoms with Crippen LogP contribution in [0.5, 0.6) is 5.75 Å². The molecule has 0 saturated carbocycles. The highest BCUT2D eigenvalue weighted by Gasteiger charge is 2.47. The predicted molar refractivity (Wildman–Crippen MR) is 153 cm³/mol. The number of nitrogens with zero attached hydrogens (tertiary/aromatic N) is 6. The van der Waals surface area contributed by atoms with Gasteiger partial charge in [0.25, 0.3) is 0 Å². The SMILES string of the molecule is CCCN1CCOc2ccc(Nc3nc(Nc4ccc(N5CC6CC5CN6S(C)(=O)=O)c(C)c4)ncc3F)nc21. The van der Waals surface area contributed by atoms with Crippen LogP contribution in [0.25, 0.3) is 0 Å². The number of fused-ring (bicyclic) bond motifs is 3. The standard InChI is InChI=1S/C27H33FN8O3S/c1-4-9-34-10-11-39-23-7-8-24(32-26(23)34)31-25-21(28)14-29-27(33-25)30-18-5-6-22(17(2)12-18)35-15-20-13-19(35)16-36(20)40(3,37)38/h5-8,12,14,19-20H,4,9-11,13,15-16H2,1-3H3,(H2,29,30,31,32,33). The van der Waals surface area contributed by atoms with Crippen LogP contribution in [-0.2, 0) is 10.0 Å². The Morgan fingerprint density at radius 2 is 1.98 bits per heavy atom. The first-order valence-corrected chi connectivity index (χ1v) is 15.3. The minimum atomic E-state index is -3.19. The predicted octanol–water partition coefficient (Wildman–Crippen LogP) is 3.64. The molecule has 2 saturated heterocycles. The number of nitrogens with one attached hydrogen (secondary N) is 2. The van der Waals surface area contributed by atoms with E-state index in [0.29, 0.717) is 31.3 Å². The third kappa shape index (κ3) is 5.10. The summed E-state index contributed by atoms with van der Waals surface area (Å²) in [5.74, 6) is 1.57. The number of benzene rings is 1. The Bertz CT molecular complexity index is 1540. The molecule has 3 aliphatic heterocycles. The van der Waals surface area contributed by atoms with E-state index >= 15 is 0 Å². The Kier molecular flexibility index (Phi) is 6.87. The molecule has 3 aliphatic rings. The van der Waals surface area contributed by atoms with Crippen LogP contribution < -0.4 is 25.2 Å². The van der Waals surface area contributed by atoms with Crippen molar-refractivity contribution in [2.24, 2.45) is 0 Å². The first-order chi connectivity index (χ1) is 19.2. The molecule has 0 amide bonds. The van der Waals surface area contributed by atoms with Crippen LogP contribution in [-0.4, -0.2) is 78.8 Å². The number of pyridine rings is 1. The lowest BCUT2D eigenvalue weighted by Crippen LogP contribution is -2.48. The fourth-order valence-electron chi connectivity index (χ4n) is 5.86. The average molecular weight is 569 g/mol. The number of hydrogen-bond acceptors (Lipinski definition) is 10. The van der Waals surface area contributed by atoms with Crippen LogP contribution in [0.4, 0.5) is 39.2 Å². The van der Waals surface area contributed by atoms with E-state index in [4.69, 9.17) is 4.74 Å². The van der Waals surface area contributed by atoms with Gasteiger partial charge < -0.3 is 25.2 Å². The summed E-state index contributed by atoms with van der Waals surface area (Å²) >= 11 is 0. The molecule has 3 aromatic rings. The van der Waals surface area contributed by atoms with Crippen molar-refractivity contribution in [2.75, 3.05) is 59.5 Å². The molecular formula is C27H33FN8O3S. The summed E-state index contributed by atoms with van der Waals surface area (Å²) in [7, 11) is -3.19. The van der Waals surface area contributed by atoms with Crippen LogP contribution in [0.3, 0.4) is 0 Å². The van der Waals surface area contributed by atoms with Gasteiger partial charge in [-0.2, -0.15) is 9.29 Å². The Balaban J connectivity index is 1.16. The van der Waals surface area contributed by atoms with Gasteiger partial charge in [0.2, 0.25) is 16.0 Å². The van der Waals surface area contributed by atoms with Gasteiger partial charge in [0.1, 0.15) is 12.4 Å². The summed E-state index contributed by atoms with van der Waals surface area (Å²) in [5.41, 5.74) is 2.88. The van der Waals surface area contributed by atoms with Crippen LogP contribution in [0.1, 0.15) is 25.3 Å². The van der Waals surface area contributed by atoms with Gasteiger partial charge in [-0.1, -0.05) is 6.92 Å². The van der Waals surface area contributed by atoms with Crippen molar-refractivity contribution in [3.8, 4) is 5.75 Å². The summed E-state index contributed by atoms with van der Waals surface area (Å²) in [5, 5.41) is 6.15. The number of piperazine rings is 1. The molecular weight excluding hydrogens is 535 g/mol. The van der Waals surface area contributed by atoms with Crippen LogP contribution in [0, 0.1) is 12.7 Å². The molecule has 11 nitrogen and oxygen atoms in total. The Morgan fingerprint density at radius 1 is 1.12 bits per heavy atom. The van der Waals surface area contributed by atoms with Gasteiger partial charge in [0, 0.05) is 43.1 Å². The molecule has 2 atom stereocenters. The molecule has 2 bridgehead atoms. The molecule has 0 radical (unpaired) electrons. The quantitative estimate of drug-likeness (QED) is 0.417. The minimum Gasteiger partial charge on any atom is -0.488 e. The lowest BCUT2D eigenvalue weighted by Gasteiger charge is -2.35. The molecule has 0 spiro atoms. The van der Waals surface area contributed by atoms with Crippen LogP contribution in [0.2, 0.25) is 0 Å². The largest absolute Gasteiger partial charge is 0.488 e. The topological polar surface area (TPSA) is 116 Å². The van der Waals surface area contributed by atoms with E-state index in [1.165, 1.54) is 6.26 Å². The van der Waals surface area contributed by atoms with Crippen LogP contribution >= 0.6 is 0 Å². The van der Waals surface area contributed by atoms with Crippen molar-refractivity contribution < 1.29 is 17.5 Å².